The Labute approximate surface area is 134 Å². The van der Waals surface area contributed by atoms with Gasteiger partial charge in [-0.25, -0.2) is 9.18 Å². The van der Waals surface area contributed by atoms with E-state index in [2.05, 4.69) is 6.92 Å². The van der Waals surface area contributed by atoms with Crippen LogP contribution in [0.15, 0.2) is 42.5 Å². The first-order valence-corrected chi connectivity index (χ1v) is 8.22. The Morgan fingerprint density at radius 2 is 2.09 bits per heavy atom. The fourth-order valence-corrected chi connectivity index (χ4v) is 3.16. The second-order valence-corrected chi connectivity index (χ2v) is 6.06. The molecule has 4 heteroatoms. The summed E-state index contributed by atoms with van der Waals surface area (Å²) in [6.45, 7) is 4.04. The third kappa shape index (κ3) is 4.28. The lowest BCUT2D eigenvalue weighted by atomic mass is 10.1. The van der Waals surface area contributed by atoms with Crippen molar-refractivity contribution < 1.29 is 13.9 Å². The van der Waals surface area contributed by atoms with E-state index < -0.39 is 5.97 Å². The standard InChI is InChI=1S/C18H19FO2S/c1-3-5-7-18(20)21-13-8-10-15(16(19)12-13)17-11-9-14(22-17)6-4-2/h5,7-12H,3-4,6H2,1-2H3. The highest BCUT2D eigenvalue weighted by Gasteiger charge is 2.10. The van der Waals surface area contributed by atoms with Gasteiger partial charge in [-0.1, -0.05) is 26.3 Å². The highest BCUT2D eigenvalue weighted by atomic mass is 32.1. The average molecular weight is 318 g/mol. The van der Waals surface area contributed by atoms with Crippen molar-refractivity contribution in [2.24, 2.45) is 0 Å². The molecule has 1 aromatic carbocycles. The molecule has 0 saturated carbocycles. The minimum Gasteiger partial charge on any atom is -0.423 e. The fraction of sp³-hybridized carbons (Fsp3) is 0.278. The highest BCUT2D eigenvalue weighted by molar-refractivity contribution is 7.15. The van der Waals surface area contributed by atoms with Gasteiger partial charge < -0.3 is 4.74 Å². The minimum absolute atomic E-state index is 0.220. The lowest BCUT2D eigenvalue weighted by Gasteiger charge is -2.04. The van der Waals surface area contributed by atoms with Crippen molar-refractivity contribution in [2.75, 3.05) is 0 Å². The van der Waals surface area contributed by atoms with Gasteiger partial charge in [0, 0.05) is 27.5 Å². The summed E-state index contributed by atoms with van der Waals surface area (Å²) in [5.74, 6) is -0.651. The maximum absolute atomic E-state index is 14.2. The Morgan fingerprint density at radius 1 is 1.27 bits per heavy atom. The van der Waals surface area contributed by atoms with E-state index >= 15 is 0 Å². The molecule has 0 aliphatic carbocycles. The van der Waals surface area contributed by atoms with Gasteiger partial charge in [0.2, 0.25) is 0 Å². The molecule has 2 nitrogen and oxygen atoms in total. The maximum Gasteiger partial charge on any atom is 0.335 e. The van der Waals surface area contributed by atoms with Gasteiger partial charge in [-0.15, -0.1) is 11.3 Å². The summed E-state index contributed by atoms with van der Waals surface area (Å²) < 4.78 is 19.3. The molecule has 0 radical (unpaired) electrons. The van der Waals surface area contributed by atoms with Crippen molar-refractivity contribution in [3.8, 4) is 16.2 Å². The monoisotopic (exact) mass is 318 g/mol. The summed E-state index contributed by atoms with van der Waals surface area (Å²) in [5.41, 5.74) is 0.538. The summed E-state index contributed by atoms with van der Waals surface area (Å²) in [4.78, 5) is 13.6. The van der Waals surface area contributed by atoms with Gasteiger partial charge in [-0.2, -0.15) is 0 Å². The summed E-state index contributed by atoms with van der Waals surface area (Å²) >= 11 is 1.60. The minimum atomic E-state index is -0.490. The fourth-order valence-electron chi connectivity index (χ4n) is 2.03. The van der Waals surface area contributed by atoms with E-state index in [0.29, 0.717) is 5.56 Å². The molecule has 0 unspecified atom stereocenters. The Morgan fingerprint density at radius 3 is 2.77 bits per heavy atom. The van der Waals surface area contributed by atoms with E-state index in [1.807, 2.05) is 19.1 Å². The van der Waals surface area contributed by atoms with Crippen LogP contribution in [-0.2, 0) is 11.2 Å². The highest BCUT2D eigenvalue weighted by Crippen LogP contribution is 2.32. The summed E-state index contributed by atoms with van der Waals surface area (Å²) in [5, 5.41) is 0. The summed E-state index contributed by atoms with van der Waals surface area (Å²) in [6.07, 6.45) is 5.88. The molecule has 0 spiro atoms. The number of aryl methyl sites for hydroxylation is 1. The zero-order valence-corrected chi connectivity index (χ0v) is 13.6. The molecule has 1 heterocycles. The normalized spacial score (nSPS) is 11.0. The molecule has 0 saturated heterocycles. The second-order valence-electron chi connectivity index (χ2n) is 4.89. The van der Waals surface area contributed by atoms with Crippen LogP contribution in [0.5, 0.6) is 5.75 Å². The van der Waals surface area contributed by atoms with Crippen molar-refractivity contribution in [3.05, 3.63) is 53.2 Å². The topological polar surface area (TPSA) is 26.3 Å². The molecule has 0 fully saturated rings. The van der Waals surface area contributed by atoms with E-state index in [4.69, 9.17) is 4.74 Å². The van der Waals surface area contributed by atoms with Crippen LogP contribution in [0.2, 0.25) is 0 Å². The van der Waals surface area contributed by atoms with Crippen molar-refractivity contribution >= 4 is 17.3 Å². The van der Waals surface area contributed by atoms with Crippen molar-refractivity contribution in [2.45, 2.75) is 33.1 Å². The molecule has 0 bridgehead atoms. The number of hydrogen-bond donors (Lipinski definition) is 0. The number of rotatable bonds is 6. The first kappa shape index (κ1) is 16.4. The first-order chi connectivity index (χ1) is 10.6. The van der Waals surface area contributed by atoms with Crippen LogP contribution in [0.1, 0.15) is 31.6 Å². The Kier molecular flexibility index (Phi) is 5.90. The van der Waals surface area contributed by atoms with Crippen LogP contribution in [0.3, 0.4) is 0 Å². The third-order valence-corrected chi connectivity index (χ3v) is 4.25. The van der Waals surface area contributed by atoms with E-state index in [-0.39, 0.29) is 11.6 Å². The Balaban J connectivity index is 2.15. The van der Waals surface area contributed by atoms with Crippen LogP contribution >= 0.6 is 11.3 Å². The van der Waals surface area contributed by atoms with Crippen LogP contribution in [0.25, 0.3) is 10.4 Å². The van der Waals surface area contributed by atoms with Crippen LogP contribution in [0, 0.1) is 5.82 Å². The Hall–Kier alpha value is -1.94. The van der Waals surface area contributed by atoms with Crippen LogP contribution in [-0.4, -0.2) is 5.97 Å². The Bertz CT molecular complexity index is 673. The van der Waals surface area contributed by atoms with Gasteiger partial charge in [-0.3, -0.25) is 0 Å². The molecule has 0 atom stereocenters. The zero-order valence-electron chi connectivity index (χ0n) is 12.8. The molecule has 0 aliphatic rings. The van der Waals surface area contributed by atoms with Crippen LogP contribution in [0.4, 0.5) is 4.39 Å². The van der Waals surface area contributed by atoms with Gasteiger partial charge in [0.15, 0.2) is 0 Å². The molecule has 2 aromatic rings. The van der Waals surface area contributed by atoms with E-state index in [9.17, 15) is 9.18 Å². The molecule has 116 valence electrons. The molecule has 0 N–H and O–H groups in total. The largest absolute Gasteiger partial charge is 0.423 e. The quantitative estimate of drug-likeness (QED) is 0.406. The van der Waals surface area contributed by atoms with Gasteiger partial charge in [0.25, 0.3) is 0 Å². The first-order valence-electron chi connectivity index (χ1n) is 7.41. The number of thiophene rings is 1. The molecule has 2 rings (SSSR count). The lowest BCUT2D eigenvalue weighted by molar-refractivity contribution is -0.129. The number of esters is 1. The van der Waals surface area contributed by atoms with Crippen molar-refractivity contribution in [1.29, 1.82) is 0 Å². The number of benzene rings is 1. The molecule has 0 amide bonds. The molecule has 0 aliphatic heterocycles. The summed E-state index contributed by atoms with van der Waals surface area (Å²) in [7, 11) is 0. The van der Waals surface area contributed by atoms with Crippen molar-refractivity contribution in [1.82, 2.24) is 0 Å². The maximum atomic E-state index is 14.2. The van der Waals surface area contributed by atoms with Crippen LogP contribution < -0.4 is 4.74 Å². The van der Waals surface area contributed by atoms with Crippen molar-refractivity contribution in [3.63, 3.8) is 0 Å². The zero-order chi connectivity index (χ0) is 15.9. The smallest absolute Gasteiger partial charge is 0.335 e. The second kappa shape index (κ2) is 7.90. The van der Waals surface area contributed by atoms with Gasteiger partial charge in [-0.05, 0) is 37.1 Å². The van der Waals surface area contributed by atoms with E-state index in [0.717, 1.165) is 24.1 Å². The number of halogens is 1. The van der Waals surface area contributed by atoms with Gasteiger partial charge >= 0.3 is 5.97 Å². The van der Waals surface area contributed by atoms with E-state index in [1.165, 1.54) is 17.0 Å². The molecular formula is C18H19FO2S. The molecule has 1 aromatic heterocycles. The van der Waals surface area contributed by atoms with E-state index in [1.54, 1.807) is 29.5 Å². The van der Waals surface area contributed by atoms with Gasteiger partial charge in [0.05, 0.1) is 0 Å². The summed E-state index contributed by atoms with van der Waals surface area (Å²) in [6, 6.07) is 8.50. The number of carbonyl (C=O) groups is 1. The number of carbonyl (C=O) groups excluding carboxylic acids is 1. The average Bonchev–Trinajstić information content (AvgIpc) is 2.94. The molecule has 22 heavy (non-hydrogen) atoms. The number of allylic oxidation sites excluding steroid dienone is 1. The van der Waals surface area contributed by atoms with Gasteiger partial charge in [0.1, 0.15) is 11.6 Å². The third-order valence-electron chi connectivity index (χ3n) is 3.07. The predicted octanol–water partition coefficient (Wildman–Crippen LogP) is 5.38. The lowest BCUT2D eigenvalue weighted by Crippen LogP contribution is -2.04. The number of ether oxygens (including phenoxy) is 1. The number of hydrogen-bond acceptors (Lipinski definition) is 3. The SMILES string of the molecule is CCC=CC(=O)Oc1ccc(-c2ccc(CCC)s2)c(F)c1. The predicted molar refractivity (Wildman–Crippen MR) is 88.8 cm³/mol. The molecular weight excluding hydrogens is 299 g/mol.